The quantitative estimate of drug-likeness (QED) is 0.749. The van der Waals surface area contributed by atoms with Crippen LogP contribution < -0.4 is 0 Å². The molecule has 1 aliphatic rings. The van der Waals surface area contributed by atoms with Crippen molar-refractivity contribution in [2.24, 2.45) is 0 Å². The number of carbonyl (C=O) groups is 1. The Labute approximate surface area is 109 Å². The largest absolute Gasteiger partial charge is 0.293 e. The standard InChI is InChI=1S/C16H12F2O/c1-9-6-7-13(17)14(15(9)18)16(19)12-8-10-4-2-3-5-11(10)12/h2-7,12H,8H2,1H3. The third kappa shape index (κ3) is 1.77. The lowest BCUT2D eigenvalue weighted by molar-refractivity contribution is 0.0940. The van der Waals surface area contributed by atoms with Crippen LogP contribution in [0.5, 0.6) is 0 Å². The van der Waals surface area contributed by atoms with Crippen molar-refractivity contribution >= 4 is 5.78 Å². The number of halogens is 2. The van der Waals surface area contributed by atoms with Gasteiger partial charge in [-0.05, 0) is 36.1 Å². The molecule has 0 aliphatic heterocycles. The maximum Gasteiger partial charge on any atom is 0.176 e. The average Bonchev–Trinajstić information content (AvgIpc) is 2.36. The molecule has 2 aromatic carbocycles. The minimum atomic E-state index is -0.780. The third-order valence-corrected chi connectivity index (χ3v) is 3.70. The molecule has 0 fully saturated rings. The molecule has 0 N–H and O–H groups in total. The summed E-state index contributed by atoms with van der Waals surface area (Å²) in [5, 5.41) is 0. The van der Waals surface area contributed by atoms with Gasteiger partial charge in [0.2, 0.25) is 0 Å². The van der Waals surface area contributed by atoms with Gasteiger partial charge in [-0.15, -0.1) is 0 Å². The van der Waals surface area contributed by atoms with Crippen LogP contribution >= 0.6 is 0 Å². The van der Waals surface area contributed by atoms with E-state index in [0.717, 1.165) is 17.2 Å². The van der Waals surface area contributed by atoms with Crippen molar-refractivity contribution in [3.8, 4) is 0 Å². The van der Waals surface area contributed by atoms with Crippen LogP contribution in [0.4, 0.5) is 8.78 Å². The predicted octanol–water partition coefficient (Wildman–Crippen LogP) is 3.80. The summed E-state index contributed by atoms with van der Waals surface area (Å²) >= 11 is 0. The minimum absolute atomic E-state index is 0.289. The second kappa shape index (κ2) is 4.26. The van der Waals surface area contributed by atoms with Crippen LogP contribution in [0.25, 0.3) is 0 Å². The SMILES string of the molecule is Cc1ccc(F)c(C(=O)C2Cc3ccccc32)c1F. The maximum atomic E-state index is 13.9. The van der Waals surface area contributed by atoms with Crippen molar-refractivity contribution in [1.29, 1.82) is 0 Å². The van der Waals surface area contributed by atoms with E-state index in [1.54, 1.807) is 0 Å². The molecule has 19 heavy (non-hydrogen) atoms. The van der Waals surface area contributed by atoms with Crippen LogP contribution in [-0.2, 0) is 6.42 Å². The Kier molecular flexibility index (Phi) is 2.70. The lowest BCUT2D eigenvalue weighted by atomic mass is 9.73. The number of hydrogen-bond acceptors (Lipinski definition) is 1. The Hall–Kier alpha value is -2.03. The first-order valence-electron chi connectivity index (χ1n) is 6.16. The van der Waals surface area contributed by atoms with Gasteiger partial charge in [-0.25, -0.2) is 8.78 Å². The molecule has 0 saturated heterocycles. The zero-order valence-electron chi connectivity index (χ0n) is 10.4. The fourth-order valence-corrected chi connectivity index (χ4v) is 2.55. The van der Waals surface area contributed by atoms with Crippen LogP contribution in [0, 0.1) is 18.6 Å². The fraction of sp³-hybridized carbons (Fsp3) is 0.188. The number of carbonyl (C=O) groups excluding carboxylic acids is 1. The third-order valence-electron chi connectivity index (χ3n) is 3.70. The van der Waals surface area contributed by atoms with E-state index in [9.17, 15) is 13.6 Å². The fourth-order valence-electron chi connectivity index (χ4n) is 2.55. The zero-order chi connectivity index (χ0) is 13.6. The van der Waals surface area contributed by atoms with Gasteiger partial charge in [0.25, 0.3) is 0 Å². The van der Waals surface area contributed by atoms with Gasteiger partial charge in [0.05, 0.1) is 11.5 Å². The smallest absolute Gasteiger partial charge is 0.176 e. The van der Waals surface area contributed by atoms with Crippen molar-refractivity contribution in [1.82, 2.24) is 0 Å². The summed E-state index contributed by atoms with van der Waals surface area (Å²) in [4.78, 5) is 12.3. The summed E-state index contributed by atoms with van der Waals surface area (Å²) in [5.41, 5.74) is 1.85. The highest BCUT2D eigenvalue weighted by atomic mass is 19.1. The van der Waals surface area contributed by atoms with Gasteiger partial charge in [-0.2, -0.15) is 0 Å². The molecule has 1 unspecified atom stereocenters. The lowest BCUT2D eigenvalue weighted by Crippen LogP contribution is -2.26. The van der Waals surface area contributed by atoms with E-state index < -0.39 is 28.9 Å². The number of benzene rings is 2. The molecule has 1 aliphatic carbocycles. The van der Waals surface area contributed by atoms with Crippen LogP contribution in [-0.4, -0.2) is 5.78 Å². The Bertz CT molecular complexity index is 676. The number of Topliss-reactive ketones (excluding diaryl/α,β-unsaturated/α-hetero) is 1. The van der Waals surface area contributed by atoms with Crippen LogP contribution in [0.2, 0.25) is 0 Å². The zero-order valence-corrected chi connectivity index (χ0v) is 10.4. The monoisotopic (exact) mass is 258 g/mol. The van der Waals surface area contributed by atoms with Gasteiger partial charge in [-0.1, -0.05) is 30.3 Å². The maximum absolute atomic E-state index is 13.9. The highest BCUT2D eigenvalue weighted by Crippen LogP contribution is 2.38. The lowest BCUT2D eigenvalue weighted by Gasteiger charge is -2.29. The van der Waals surface area contributed by atoms with Crippen LogP contribution in [0.3, 0.4) is 0 Å². The van der Waals surface area contributed by atoms with Crippen molar-refractivity contribution in [3.63, 3.8) is 0 Å². The van der Waals surface area contributed by atoms with Crippen LogP contribution in [0.1, 0.15) is 33.0 Å². The van der Waals surface area contributed by atoms with Crippen molar-refractivity contribution in [3.05, 3.63) is 70.3 Å². The highest BCUT2D eigenvalue weighted by Gasteiger charge is 2.35. The summed E-state index contributed by atoms with van der Waals surface area (Å²) in [6, 6.07) is 10.00. The molecular weight excluding hydrogens is 246 g/mol. The van der Waals surface area contributed by atoms with Crippen LogP contribution in [0.15, 0.2) is 36.4 Å². The summed E-state index contributed by atoms with van der Waals surface area (Å²) < 4.78 is 27.7. The minimum Gasteiger partial charge on any atom is -0.293 e. The predicted molar refractivity (Wildman–Crippen MR) is 68.3 cm³/mol. The molecule has 0 radical (unpaired) electrons. The highest BCUT2D eigenvalue weighted by molar-refractivity contribution is 6.03. The van der Waals surface area contributed by atoms with Gasteiger partial charge in [0, 0.05) is 0 Å². The van der Waals surface area contributed by atoms with Crippen molar-refractivity contribution in [2.45, 2.75) is 19.3 Å². The molecule has 1 nitrogen and oxygen atoms in total. The van der Waals surface area contributed by atoms with E-state index in [-0.39, 0.29) is 5.56 Å². The molecule has 3 heteroatoms. The molecule has 0 spiro atoms. The van der Waals surface area contributed by atoms with Gasteiger partial charge in [-0.3, -0.25) is 4.79 Å². The first-order chi connectivity index (χ1) is 9.09. The van der Waals surface area contributed by atoms with E-state index >= 15 is 0 Å². The number of hydrogen-bond donors (Lipinski definition) is 0. The summed E-state index contributed by atoms with van der Waals surface area (Å²) in [6.07, 6.45) is 0.557. The number of fused-ring (bicyclic) bond motifs is 1. The average molecular weight is 258 g/mol. The molecule has 2 aromatic rings. The summed E-state index contributed by atoms with van der Waals surface area (Å²) in [5.74, 6) is -2.40. The first kappa shape index (κ1) is 12.0. The topological polar surface area (TPSA) is 17.1 Å². The van der Waals surface area contributed by atoms with Crippen molar-refractivity contribution in [2.75, 3.05) is 0 Å². The molecule has 0 aromatic heterocycles. The second-order valence-corrected chi connectivity index (χ2v) is 4.87. The van der Waals surface area contributed by atoms with Gasteiger partial charge in [0.15, 0.2) is 5.78 Å². The normalized spacial score (nSPS) is 16.7. The molecule has 0 bridgehead atoms. The van der Waals surface area contributed by atoms with Gasteiger partial charge in [0.1, 0.15) is 11.6 Å². The molecule has 1 atom stereocenters. The summed E-state index contributed by atoms with van der Waals surface area (Å²) in [7, 11) is 0. The number of rotatable bonds is 2. The first-order valence-corrected chi connectivity index (χ1v) is 6.16. The molecule has 3 rings (SSSR count). The molecule has 0 saturated carbocycles. The Morgan fingerprint density at radius 1 is 1.16 bits per heavy atom. The number of ketones is 1. The van der Waals surface area contributed by atoms with E-state index in [0.29, 0.717) is 6.42 Å². The molecule has 96 valence electrons. The molecular formula is C16H12F2O. The Balaban J connectivity index is 2.02. The molecule has 0 heterocycles. The van der Waals surface area contributed by atoms with Crippen molar-refractivity contribution < 1.29 is 13.6 Å². The summed E-state index contributed by atoms with van der Waals surface area (Å²) in [6.45, 7) is 1.53. The Morgan fingerprint density at radius 3 is 2.63 bits per heavy atom. The van der Waals surface area contributed by atoms with E-state index in [1.807, 2.05) is 24.3 Å². The van der Waals surface area contributed by atoms with E-state index in [1.165, 1.54) is 13.0 Å². The molecule has 0 amide bonds. The van der Waals surface area contributed by atoms with E-state index in [4.69, 9.17) is 0 Å². The second-order valence-electron chi connectivity index (χ2n) is 4.87. The Morgan fingerprint density at radius 2 is 1.89 bits per heavy atom. The van der Waals surface area contributed by atoms with E-state index in [2.05, 4.69) is 0 Å². The van der Waals surface area contributed by atoms with Gasteiger partial charge >= 0.3 is 0 Å². The number of aryl methyl sites for hydroxylation is 1. The van der Waals surface area contributed by atoms with Gasteiger partial charge < -0.3 is 0 Å².